The second kappa shape index (κ2) is 5.43. The molecule has 7 nitrogen and oxygen atoms in total. The lowest BCUT2D eigenvalue weighted by molar-refractivity contribution is -0.389. The number of carbonyl (C=O) groups is 1. The maximum absolute atomic E-state index is 13.3. The number of hydrogen-bond acceptors (Lipinski definition) is 4. The Balaban J connectivity index is 2.05. The highest BCUT2D eigenvalue weighted by molar-refractivity contribution is 5.90. The van der Waals surface area contributed by atoms with E-state index in [9.17, 15) is 23.7 Å². The van der Waals surface area contributed by atoms with Gasteiger partial charge < -0.3 is 15.4 Å². The van der Waals surface area contributed by atoms with E-state index in [0.29, 0.717) is 0 Å². The quantitative estimate of drug-likeness (QED) is 0.682. The molecule has 1 aromatic heterocycles. The Morgan fingerprint density at radius 1 is 1.40 bits per heavy atom. The normalized spacial score (nSPS) is 10.3. The molecule has 0 aliphatic heterocycles. The Morgan fingerprint density at radius 2 is 2.15 bits per heavy atom. The van der Waals surface area contributed by atoms with E-state index in [-0.39, 0.29) is 12.2 Å². The Bertz CT molecular complexity index is 671. The molecule has 1 heterocycles. The molecule has 0 aliphatic rings. The number of aromatic nitrogens is 2. The molecule has 0 radical (unpaired) electrons. The van der Waals surface area contributed by atoms with Crippen molar-refractivity contribution in [3.8, 4) is 0 Å². The second-order valence-corrected chi connectivity index (χ2v) is 3.80. The van der Waals surface area contributed by atoms with Gasteiger partial charge in [0.1, 0.15) is 18.2 Å². The first-order valence-electron chi connectivity index (χ1n) is 5.38. The van der Waals surface area contributed by atoms with E-state index in [0.717, 1.165) is 28.9 Å². The Morgan fingerprint density at radius 3 is 2.80 bits per heavy atom. The van der Waals surface area contributed by atoms with Crippen molar-refractivity contribution in [1.29, 1.82) is 0 Å². The van der Waals surface area contributed by atoms with Gasteiger partial charge in [0.25, 0.3) is 0 Å². The van der Waals surface area contributed by atoms with Crippen LogP contribution >= 0.6 is 0 Å². The number of hydrogen-bond donors (Lipinski definition) is 1. The van der Waals surface area contributed by atoms with E-state index in [1.807, 2.05) is 0 Å². The summed E-state index contributed by atoms with van der Waals surface area (Å²) in [6.07, 6.45) is 1.24. The molecule has 9 heteroatoms. The van der Waals surface area contributed by atoms with Crippen LogP contribution in [-0.4, -0.2) is 20.6 Å². The lowest BCUT2D eigenvalue weighted by Crippen LogP contribution is -2.19. The lowest BCUT2D eigenvalue weighted by atomic mass is 10.3. The smallest absolute Gasteiger partial charge is 0.358 e. The first-order chi connectivity index (χ1) is 9.45. The van der Waals surface area contributed by atoms with Crippen LogP contribution in [0.5, 0.6) is 0 Å². The summed E-state index contributed by atoms with van der Waals surface area (Å²) in [6, 6.07) is 3.75. The van der Waals surface area contributed by atoms with Crippen molar-refractivity contribution in [2.75, 3.05) is 5.32 Å². The van der Waals surface area contributed by atoms with Crippen LogP contribution in [0, 0.1) is 21.7 Å². The number of nitrogens with one attached hydrogen (secondary N) is 1. The first kappa shape index (κ1) is 13.6. The standard InChI is InChI=1S/C11H8F2N4O3/c12-7-1-2-8(13)9(5-7)14-11(18)6-16-4-3-10(15-16)17(19)20/h1-5H,6H2,(H,14,18). The van der Waals surface area contributed by atoms with Crippen LogP contribution in [0.15, 0.2) is 30.5 Å². The minimum absolute atomic E-state index is 0.309. The van der Waals surface area contributed by atoms with Crippen molar-refractivity contribution >= 4 is 17.4 Å². The fraction of sp³-hybridized carbons (Fsp3) is 0.0909. The minimum Gasteiger partial charge on any atom is -0.358 e. The van der Waals surface area contributed by atoms with Gasteiger partial charge in [0, 0.05) is 6.07 Å². The summed E-state index contributed by atoms with van der Waals surface area (Å²) in [5.41, 5.74) is -0.309. The van der Waals surface area contributed by atoms with Crippen molar-refractivity contribution in [3.63, 3.8) is 0 Å². The number of carbonyl (C=O) groups excluding carboxylic acids is 1. The van der Waals surface area contributed by atoms with E-state index >= 15 is 0 Å². The van der Waals surface area contributed by atoms with Gasteiger partial charge in [-0.15, -0.1) is 0 Å². The molecule has 2 aromatic rings. The maximum Gasteiger partial charge on any atom is 0.389 e. The molecule has 0 bridgehead atoms. The fourth-order valence-corrected chi connectivity index (χ4v) is 1.47. The molecule has 0 fully saturated rings. The zero-order chi connectivity index (χ0) is 14.7. The van der Waals surface area contributed by atoms with Crippen molar-refractivity contribution in [3.05, 3.63) is 52.2 Å². The van der Waals surface area contributed by atoms with E-state index in [1.165, 1.54) is 6.20 Å². The van der Waals surface area contributed by atoms with Crippen LogP contribution in [-0.2, 0) is 11.3 Å². The van der Waals surface area contributed by atoms with E-state index < -0.39 is 28.3 Å². The molecule has 0 aliphatic carbocycles. The molecular formula is C11H8F2N4O3. The summed E-state index contributed by atoms with van der Waals surface area (Å²) in [6.45, 7) is -0.357. The molecule has 1 aromatic carbocycles. The third kappa shape index (κ3) is 3.13. The van der Waals surface area contributed by atoms with Crippen molar-refractivity contribution in [1.82, 2.24) is 9.78 Å². The van der Waals surface area contributed by atoms with Crippen molar-refractivity contribution in [2.45, 2.75) is 6.54 Å². The summed E-state index contributed by atoms with van der Waals surface area (Å²) in [5.74, 6) is -2.58. The number of amides is 1. The molecule has 20 heavy (non-hydrogen) atoms. The Kier molecular flexibility index (Phi) is 3.69. The fourth-order valence-electron chi connectivity index (χ4n) is 1.47. The number of halogens is 2. The Hall–Kier alpha value is -2.84. The molecule has 0 atom stereocenters. The predicted octanol–water partition coefficient (Wildman–Crippen LogP) is 1.71. The first-order valence-corrected chi connectivity index (χ1v) is 5.38. The zero-order valence-electron chi connectivity index (χ0n) is 9.92. The number of rotatable bonds is 4. The molecular weight excluding hydrogens is 274 g/mol. The minimum atomic E-state index is -0.786. The molecule has 0 unspecified atom stereocenters. The van der Waals surface area contributed by atoms with E-state index in [1.54, 1.807) is 0 Å². The number of nitro groups is 1. The summed E-state index contributed by atoms with van der Waals surface area (Å²) >= 11 is 0. The molecule has 1 amide bonds. The number of anilines is 1. The van der Waals surface area contributed by atoms with E-state index in [2.05, 4.69) is 10.4 Å². The summed E-state index contributed by atoms with van der Waals surface area (Å²) in [5, 5.41) is 16.1. The van der Waals surface area contributed by atoms with Crippen LogP contribution in [0.3, 0.4) is 0 Å². The van der Waals surface area contributed by atoms with Crippen LogP contribution in [0.1, 0.15) is 0 Å². The highest BCUT2D eigenvalue weighted by Crippen LogP contribution is 2.15. The molecule has 0 spiro atoms. The van der Waals surface area contributed by atoms with Gasteiger partial charge in [0.05, 0.1) is 23.0 Å². The molecule has 0 saturated heterocycles. The number of nitrogens with zero attached hydrogens (tertiary/aromatic N) is 3. The van der Waals surface area contributed by atoms with Gasteiger partial charge in [-0.05, 0) is 17.1 Å². The third-order valence-electron chi connectivity index (χ3n) is 2.32. The second-order valence-electron chi connectivity index (χ2n) is 3.80. The molecule has 1 N–H and O–H groups in total. The van der Waals surface area contributed by atoms with Crippen LogP contribution in [0.25, 0.3) is 0 Å². The monoisotopic (exact) mass is 282 g/mol. The average Bonchev–Trinajstić information content (AvgIpc) is 2.82. The van der Waals surface area contributed by atoms with Gasteiger partial charge >= 0.3 is 5.82 Å². The summed E-state index contributed by atoms with van der Waals surface area (Å²) in [4.78, 5) is 21.3. The zero-order valence-corrected chi connectivity index (χ0v) is 9.92. The van der Waals surface area contributed by atoms with Gasteiger partial charge in [0.15, 0.2) is 0 Å². The average molecular weight is 282 g/mol. The van der Waals surface area contributed by atoms with Crippen LogP contribution in [0.4, 0.5) is 20.3 Å². The van der Waals surface area contributed by atoms with Crippen molar-refractivity contribution in [2.24, 2.45) is 0 Å². The summed E-state index contributed by atoms with van der Waals surface area (Å²) in [7, 11) is 0. The van der Waals surface area contributed by atoms with E-state index in [4.69, 9.17) is 0 Å². The SMILES string of the molecule is O=C(Cn1ccc([N+](=O)[O-])n1)Nc1cc(F)ccc1F. The van der Waals surface area contributed by atoms with Crippen LogP contribution in [0.2, 0.25) is 0 Å². The highest BCUT2D eigenvalue weighted by atomic mass is 19.1. The molecule has 2 rings (SSSR count). The van der Waals surface area contributed by atoms with Gasteiger partial charge in [-0.2, -0.15) is 4.68 Å². The Labute approximate surface area is 111 Å². The number of benzene rings is 1. The largest absolute Gasteiger partial charge is 0.389 e. The molecule has 104 valence electrons. The predicted molar refractivity (Wildman–Crippen MR) is 63.9 cm³/mol. The highest BCUT2D eigenvalue weighted by Gasteiger charge is 2.14. The van der Waals surface area contributed by atoms with Gasteiger partial charge in [-0.1, -0.05) is 0 Å². The van der Waals surface area contributed by atoms with Gasteiger partial charge in [-0.25, -0.2) is 8.78 Å². The molecule has 0 saturated carbocycles. The maximum atomic E-state index is 13.3. The third-order valence-corrected chi connectivity index (χ3v) is 2.32. The van der Waals surface area contributed by atoms with Gasteiger partial charge in [-0.3, -0.25) is 4.79 Å². The van der Waals surface area contributed by atoms with Crippen LogP contribution < -0.4 is 5.32 Å². The lowest BCUT2D eigenvalue weighted by Gasteiger charge is -2.05. The van der Waals surface area contributed by atoms with Gasteiger partial charge in [0.2, 0.25) is 5.91 Å². The van der Waals surface area contributed by atoms with Crippen molar-refractivity contribution < 1.29 is 18.5 Å². The topological polar surface area (TPSA) is 90.1 Å². The summed E-state index contributed by atoms with van der Waals surface area (Å²) < 4.78 is 27.2.